The van der Waals surface area contributed by atoms with Crippen molar-refractivity contribution in [3.63, 3.8) is 0 Å². The fourth-order valence-electron chi connectivity index (χ4n) is 2.76. The van der Waals surface area contributed by atoms with E-state index in [-0.39, 0.29) is 16.9 Å². The number of carbonyl (C=O) groups excluding carboxylic acids is 1. The van der Waals surface area contributed by atoms with Crippen LogP contribution in [0.15, 0.2) is 30.5 Å². The summed E-state index contributed by atoms with van der Waals surface area (Å²) in [5, 5.41) is 9.16. The lowest BCUT2D eigenvalue weighted by atomic mass is 10.2. The van der Waals surface area contributed by atoms with Crippen LogP contribution in [0.5, 0.6) is 0 Å². The highest BCUT2D eigenvalue weighted by Gasteiger charge is 2.21. The summed E-state index contributed by atoms with van der Waals surface area (Å²) in [6.45, 7) is 3.13. The van der Waals surface area contributed by atoms with Crippen molar-refractivity contribution in [2.45, 2.75) is 0 Å². The molecule has 124 valence electrons. The third-order valence-corrected chi connectivity index (χ3v) is 4.05. The molecule has 0 saturated carbocycles. The third kappa shape index (κ3) is 2.79. The van der Waals surface area contributed by atoms with Crippen LogP contribution < -0.4 is 10.6 Å². The number of nitriles is 1. The highest BCUT2D eigenvalue weighted by Crippen LogP contribution is 2.26. The molecule has 2 aromatic rings. The van der Waals surface area contributed by atoms with Crippen LogP contribution >= 0.6 is 0 Å². The highest BCUT2D eigenvalue weighted by atomic mass is 16.5. The van der Waals surface area contributed by atoms with Crippen LogP contribution in [0.3, 0.4) is 0 Å². The van der Waals surface area contributed by atoms with Gasteiger partial charge in [-0.15, -0.1) is 0 Å². The molecular formula is C17H18N4O3. The van der Waals surface area contributed by atoms with E-state index in [0.717, 1.165) is 24.5 Å². The summed E-state index contributed by atoms with van der Waals surface area (Å²) in [4.78, 5) is 14.3. The SMILES string of the molecule is COC(=O)c1c(N)c(C#N)cn1-c1ccc(N2CCOCC2)cc1. The number of ether oxygens (including phenoxy) is 2. The minimum Gasteiger partial charge on any atom is -0.464 e. The zero-order valence-electron chi connectivity index (χ0n) is 13.4. The van der Waals surface area contributed by atoms with Gasteiger partial charge in [-0.05, 0) is 24.3 Å². The van der Waals surface area contributed by atoms with E-state index in [1.165, 1.54) is 7.11 Å². The number of methoxy groups -OCH3 is 1. The van der Waals surface area contributed by atoms with E-state index in [1.807, 2.05) is 30.3 Å². The number of nitrogens with two attached hydrogens (primary N) is 1. The minimum absolute atomic E-state index is 0.126. The Morgan fingerprint density at radius 3 is 2.46 bits per heavy atom. The molecule has 0 unspecified atom stereocenters. The first-order valence-electron chi connectivity index (χ1n) is 7.58. The molecule has 1 aromatic heterocycles. The fourth-order valence-corrected chi connectivity index (χ4v) is 2.76. The molecule has 0 aliphatic carbocycles. The van der Waals surface area contributed by atoms with Crippen LogP contribution in [-0.2, 0) is 9.47 Å². The van der Waals surface area contributed by atoms with Gasteiger partial charge in [0, 0.05) is 30.7 Å². The molecule has 2 heterocycles. The Balaban J connectivity index is 1.97. The van der Waals surface area contributed by atoms with Gasteiger partial charge < -0.3 is 24.7 Å². The molecule has 0 radical (unpaired) electrons. The van der Waals surface area contributed by atoms with Gasteiger partial charge in [-0.2, -0.15) is 5.26 Å². The van der Waals surface area contributed by atoms with Crippen molar-refractivity contribution in [1.82, 2.24) is 4.57 Å². The number of rotatable bonds is 3. The van der Waals surface area contributed by atoms with Crippen LogP contribution in [0.25, 0.3) is 5.69 Å². The molecule has 3 rings (SSSR count). The van der Waals surface area contributed by atoms with Gasteiger partial charge in [0.1, 0.15) is 6.07 Å². The third-order valence-electron chi connectivity index (χ3n) is 4.05. The summed E-state index contributed by atoms with van der Waals surface area (Å²) in [5.41, 5.74) is 8.26. The number of hydrogen-bond donors (Lipinski definition) is 1. The molecule has 0 spiro atoms. The number of nitrogen functional groups attached to an aromatic ring is 1. The molecule has 1 saturated heterocycles. The van der Waals surface area contributed by atoms with E-state index in [1.54, 1.807) is 10.8 Å². The van der Waals surface area contributed by atoms with Crippen LogP contribution in [0, 0.1) is 11.3 Å². The summed E-state index contributed by atoms with van der Waals surface area (Å²) in [6, 6.07) is 9.72. The topological polar surface area (TPSA) is 93.5 Å². The molecule has 1 fully saturated rings. The maximum Gasteiger partial charge on any atom is 0.357 e. The van der Waals surface area contributed by atoms with Gasteiger partial charge in [-0.3, -0.25) is 0 Å². The maximum absolute atomic E-state index is 12.0. The van der Waals surface area contributed by atoms with Gasteiger partial charge in [0.05, 0.1) is 31.6 Å². The number of anilines is 2. The van der Waals surface area contributed by atoms with Crippen LogP contribution in [-0.4, -0.2) is 43.9 Å². The van der Waals surface area contributed by atoms with Crippen molar-refractivity contribution in [3.05, 3.63) is 41.7 Å². The zero-order chi connectivity index (χ0) is 17.1. The lowest BCUT2D eigenvalue weighted by Crippen LogP contribution is -2.36. The van der Waals surface area contributed by atoms with Crippen molar-refractivity contribution < 1.29 is 14.3 Å². The number of hydrogen-bond acceptors (Lipinski definition) is 6. The van der Waals surface area contributed by atoms with Crippen molar-refractivity contribution in [2.24, 2.45) is 0 Å². The quantitative estimate of drug-likeness (QED) is 0.860. The number of esters is 1. The minimum atomic E-state index is -0.578. The van der Waals surface area contributed by atoms with Crippen LogP contribution in [0.4, 0.5) is 11.4 Å². The molecule has 7 heteroatoms. The van der Waals surface area contributed by atoms with Gasteiger partial charge in [-0.1, -0.05) is 0 Å². The molecule has 1 aliphatic heterocycles. The molecule has 1 aliphatic rings. The Morgan fingerprint density at radius 2 is 1.88 bits per heavy atom. The van der Waals surface area contributed by atoms with Crippen molar-refractivity contribution in [2.75, 3.05) is 44.0 Å². The zero-order valence-corrected chi connectivity index (χ0v) is 13.4. The lowest BCUT2D eigenvalue weighted by molar-refractivity contribution is 0.0593. The average molecular weight is 326 g/mol. The van der Waals surface area contributed by atoms with Gasteiger partial charge in [-0.25, -0.2) is 4.79 Å². The summed E-state index contributed by atoms with van der Waals surface area (Å²) >= 11 is 0. The first kappa shape index (κ1) is 15.9. The Hall–Kier alpha value is -2.98. The van der Waals surface area contributed by atoms with E-state index in [4.69, 9.17) is 20.5 Å². The van der Waals surface area contributed by atoms with Crippen LogP contribution in [0.2, 0.25) is 0 Å². The molecule has 7 nitrogen and oxygen atoms in total. The Kier molecular flexibility index (Phi) is 4.40. The van der Waals surface area contributed by atoms with Crippen molar-refractivity contribution >= 4 is 17.3 Å². The molecule has 2 N–H and O–H groups in total. The van der Waals surface area contributed by atoms with E-state index in [0.29, 0.717) is 13.2 Å². The smallest absolute Gasteiger partial charge is 0.357 e. The summed E-state index contributed by atoms with van der Waals surface area (Å²) < 4.78 is 11.7. The number of carbonyl (C=O) groups is 1. The van der Waals surface area contributed by atoms with Gasteiger partial charge in [0.2, 0.25) is 0 Å². The van der Waals surface area contributed by atoms with Crippen LogP contribution in [0.1, 0.15) is 16.1 Å². The summed E-state index contributed by atoms with van der Waals surface area (Å²) in [7, 11) is 1.28. The Morgan fingerprint density at radius 1 is 1.25 bits per heavy atom. The Labute approximate surface area is 139 Å². The summed E-state index contributed by atoms with van der Waals surface area (Å²) in [6.07, 6.45) is 1.55. The Bertz CT molecular complexity index is 783. The average Bonchev–Trinajstić information content (AvgIpc) is 2.98. The van der Waals surface area contributed by atoms with Gasteiger partial charge in [0.25, 0.3) is 0 Å². The van der Waals surface area contributed by atoms with E-state index in [2.05, 4.69) is 4.90 Å². The standard InChI is InChI=1S/C17H18N4O3/c1-23-17(22)16-15(19)12(10-18)11-21(16)14-4-2-13(3-5-14)20-6-8-24-9-7-20/h2-5,11H,6-9,19H2,1H3. The molecular weight excluding hydrogens is 308 g/mol. The second-order valence-corrected chi connectivity index (χ2v) is 5.39. The highest BCUT2D eigenvalue weighted by molar-refractivity contribution is 5.95. The monoisotopic (exact) mass is 326 g/mol. The molecule has 1 aromatic carbocycles. The first-order chi connectivity index (χ1) is 11.7. The predicted molar refractivity (Wildman–Crippen MR) is 89.3 cm³/mol. The first-order valence-corrected chi connectivity index (χ1v) is 7.58. The van der Waals surface area contributed by atoms with E-state index < -0.39 is 5.97 Å². The second kappa shape index (κ2) is 6.64. The molecule has 0 amide bonds. The molecule has 24 heavy (non-hydrogen) atoms. The largest absolute Gasteiger partial charge is 0.464 e. The van der Waals surface area contributed by atoms with Gasteiger partial charge in [0.15, 0.2) is 5.69 Å². The number of nitrogens with zero attached hydrogens (tertiary/aromatic N) is 3. The lowest BCUT2D eigenvalue weighted by Gasteiger charge is -2.29. The van der Waals surface area contributed by atoms with Crippen molar-refractivity contribution in [1.29, 1.82) is 5.26 Å². The van der Waals surface area contributed by atoms with Crippen molar-refractivity contribution in [3.8, 4) is 11.8 Å². The molecule has 0 atom stereocenters. The van der Waals surface area contributed by atoms with Gasteiger partial charge >= 0.3 is 5.97 Å². The number of benzene rings is 1. The molecule has 0 bridgehead atoms. The summed E-state index contributed by atoms with van der Waals surface area (Å²) in [5.74, 6) is -0.578. The number of morpholine rings is 1. The number of aromatic nitrogens is 1. The second-order valence-electron chi connectivity index (χ2n) is 5.39. The normalized spacial score (nSPS) is 14.2. The predicted octanol–water partition coefficient (Wildman–Crippen LogP) is 1.55. The van der Waals surface area contributed by atoms with E-state index >= 15 is 0 Å². The van der Waals surface area contributed by atoms with E-state index in [9.17, 15) is 4.79 Å². The maximum atomic E-state index is 12.0. The fraction of sp³-hybridized carbons (Fsp3) is 0.294.